The molecule has 0 saturated heterocycles. The zero-order valence-electron chi connectivity index (χ0n) is 8.50. The standard InChI is InChI=1S/C9H18FO2P/c1-7(2)13(10,11)12-9-6-4-5-8(9)3/h7-9H,4-6H2,1-3H3. The normalized spacial score (nSPS) is 33.6. The van der Waals surface area contributed by atoms with Crippen molar-refractivity contribution in [3.8, 4) is 0 Å². The van der Waals surface area contributed by atoms with Crippen molar-refractivity contribution < 1.29 is 13.3 Å². The smallest absolute Gasteiger partial charge is 0.302 e. The lowest BCUT2D eigenvalue weighted by Gasteiger charge is -2.21. The van der Waals surface area contributed by atoms with Crippen LogP contribution in [0.25, 0.3) is 0 Å². The Morgan fingerprint density at radius 1 is 1.46 bits per heavy atom. The van der Waals surface area contributed by atoms with E-state index >= 15 is 0 Å². The molecule has 0 radical (unpaired) electrons. The first-order chi connectivity index (χ1) is 5.93. The molecule has 4 heteroatoms. The van der Waals surface area contributed by atoms with Gasteiger partial charge in [-0.3, -0.25) is 4.57 Å². The van der Waals surface area contributed by atoms with Gasteiger partial charge in [-0.2, -0.15) is 4.20 Å². The van der Waals surface area contributed by atoms with Gasteiger partial charge in [0.2, 0.25) is 0 Å². The summed E-state index contributed by atoms with van der Waals surface area (Å²) in [6.45, 7) is 5.22. The molecule has 78 valence electrons. The van der Waals surface area contributed by atoms with E-state index in [9.17, 15) is 8.76 Å². The molecule has 1 rings (SSSR count). The van der Waals surface area contributed by atoms with E-state index in [-0.39, 0.29) is 6.10 Å². The van der Waals surface area contributed by atoms with E-state index in [1.54, 1.807) is 13.8 Å². The van der Waals surface area contributed by atoms with Gasteiger partial charge in [0.25, 0.3) is 0 Å². The Labute approximate surface area is 79.4 Å². The maximum Gasteiger partial charge on any atom is 0.370 e. The maximum absolute atomic E-state index is 13.4. The van der Waals surface area contributed by atoms with Crippen LogP contribution < -0.4 is 0 Å². The van der Waals surface area contributed by atoms with E-state index in [4.69, 9.17) is 4.52 Å². The van der Waals surface area contributed by atoms with Crippen molar-refractivity contribution in [1.82, 2.24) is 0 Å². The average molecular weight is 208 g/mol. The van der Waals surface area contributed by atoms with Crippen molar-refractivity contribution in [2.24, 2.45) is 5.92 Å². The summed E-state index contributed by atoms with van der Waals surface area (Å²) in [7, 11) is -3.85. The van der Waals surface area contributed by atoms with Crippen LogP contribution in [0.5, 0.6) is 0 Å². The van der Waals surface area contributed by atoms with Crippen molar-refractivity contribution >= 4 is 7.68 Å². The van der Waals surface area contributed by atoms with E-state index < -0.39 is 13.3 Å². The highest BCUT2D eigenvalue weighted by Gasteiger charge is 2.35. The van der Waals surface area contributed by atoms with Crippen LogP contribution in [0.15, 0.2) is 0 Å². The summed E-state index contributed by atoms with van der Waals surface area (Å²) in [6, 6.07) is 0. The van der Waals surface area contributed by atoms with Crippen LogP contribution in [-0.2, 0) is 9.09 Å². The van der Waals surface area contributed by atoms with Gasteiger partial charge in [-0.25, -0.2) is 0 Å². The van der Waals surface area contributed by atoms with Crippen LogP contribution in [0.4, 0.5) is 4.20 Å². The second-order valence-electron chi connectivity index (χ2n) is 4.17. The van der Waals surface area contributed by atoms with Crippen LogP contribution in [-0.4, -0.2) is 11.8 Å². The van der Waals surface area contributed by atoms with Crippen LogP contribution >= 0.6 is 7.68 Å². The van der Waals surface area contributed by atoms with E-state index in [1.165, 1.54) is 0 Å². The monoisotopic (exact) mass is 208 g/mol. The summed E-state index contributed by atoms with van der Waals surface area (Å²) in [5.74, 6) is 0.350. The van der Waals surface area contributed by atoms with E-state index in [0.29, 0.717) is 5.92 Å². The minimum atomic E-state index is -3.85. The summed E-state index contributed by atoms with van der Waals surface area (Å²) >= 11 is 0. The third-order valence-electron chi connectivity index (χ3n) is 2.68. The van der Waals surface area contributed by atoms with E-state index in [1.807, 2.05) is 6.92 Å². The van der Waals surface area contributed by atoms with Crippen LogP contribution in [0.3, 0.4) is 0 Å². The van der Waals surface area contributed by atoms with Gasteiger partial charge >= 0.3 is 7.68 Å². The highest BCUT2D eigenvalue weighted by molar-refractivity contribution is 7.54. The Balaban J connectivity index is 2.52. The molecule has 13 heavy (non-hydrogen) atoms. The van der Waals surface area contributed by atoms with Crippen molar-refractivity contribution in [2.75, 3.05) is 0 Å². The Hall–Kier alpha value is 0.120. The molecule has 0 heterocycles. The number of halogens is 1. The van der Waals surface area contributed by atoms with Crippen molar-refractivity contribution in [3.05, 3.63) is 0 Å². The first kappa shape index (κ1) is 11.2. The highest BCUT2D eigenvalue weighted by atomic mass is 31.2. The second kappa shape index (κ2) is 4.10. The molecule has 3 atom stereocenters. The molecule has 1 aliphatic rings. The minimum absolute atomic E-state index is 0.127. The Kier molecular flexibility index (Phi) is 3.53. The summed E-state index contributed by atoms with van der Waals surface area (Å²) in [5.41, 5.74) is -0.514. The Morgan fingerprint density at radius 2 is 2.08 bits per heavy atom. The fourth-order valence-electron chi connectivity index (χ4n) is 1.57. The van der Waals surface area contributed by atoms with E-state index in [0.717, 1.165) is 19.3 Å². The lowest BCUT2D eigenvalue weighted by atomic mass is 10.1. The molecule has 0 aromatic heterocycles. The van der Waals surface area contributed by atoms with Crippen molar-refractivity contribution in [1.29, 1.82) is 0 Å². The quantitative estimate of drug-likeness (QED) is 0.660. The minimum Gasteiger partial charge on any atom is -0.302 e. The summed E-state index contributed by atoms with van der Waals surface area (Å²) in [6.07, 6.45) is 2.84. The number of hydrogen-bond donors (Lipinski definition) is 0. The number of rotatable bonds is 3. The summed E-state index contributed by atoms with van der Waals surface area (Å²) in [4.78, 5) is 0. The van der Waals surface area contributed by atoms with Crippen molar-refractivity contribution in [2.45, 2.75) is 51.8 Å². The van der Waals surface area contributed by atoms with Gasteiger partial charge in [0, 0.05) is 0 Å². The van der Waals surface area contributed by atoms with Gasteiger partial charge < -0.3 is 4.52 Å². The fraction of sp³-hybridized carbons (Fsp3) is 1.00. The largest absolute Gasteiger partial charge is 0.370 e. The molecule has 1 saturated carbocycles. The molecule has 1 aliphatic carbocycles. The van der Waals surface area contributed by atoms with Gasteiger partial charge in [-0.05, 0) is 18.8 Å². The van der Waals surface area contributed by atoms with Crippen LogP contribution in [0.2, 0.25) is 0 Å². The zero-order chi connectivity index (χ0) is 10.1. The van der Waals surface area contributed by atoms with Crippen molar-refractivity contribution in [3.63, 3.8) is 0 Å². The fourth-order valence-corrected chi connectivity index (χ4v) is 2.50. The molecule has 0 aromatic rings. The molecule has 1 fully saturated rings. The number of hydrogen-bond acceptors (Lipinski definition) is 2. The lowest BCUT2D eigenvalue weighted by Crippen LogP contribution is -2.15. The highest BCUT2D eigenvalue weighted by Crippen LogP contribution is 2.56. The first-order valence-corrected chi connectivity index (χ1v) is 6.49. The molecular formula is C9H18FO2P. The third-order valence-corrected chi connectivity index (χ3v) is 4.47. The maximum atomic E-state index is 13.4. The van der Waals surface area contributed by atoms with E-state index in [2.05, 4.69) is 0 Å². The van der Waals surface area contributed by atoms with Gasteiger partial charge in [-0.15, -0.1) is 0 Å². The van der Waals surface area contributed by atoms with Gasteiger partial charge in [0.05, 0.1) is 11.8 Å². The topological polar surface area (TPSA) is 26.3 Å². The third kappa shape index (κ3) is 2.78. The molecule has 0 spiro atoms. The predicted molar refractivity (Wildman–Crippen MR) is 51.7 cm³/mol. The SMILES string of the molecule is CC1CCCC1OP(=O)(F)C(C)C. The van der Waals surface area contributed by atoms with Gasteiger partial charge in [0.15, 0.2) is 0 Å². The zero-order valence-corrected chi connectivity index (χ0v) is 9.39. The van der Waals surface area contributed by atoms with Crippen LogP contribution in [0, 0.1) is 5.92 Å². The molecule has 0 bridgehead atoms. The van der Waals surface area contributed by atoms with Gasteiger partial charge in [-0.1, -0.05) is 27.2 Å². The average Bonchev–Trinajstić information content (AvgIpc) is 2.35. The van der Waals surface area contributed by atoms with Crippen LogP contribution in [0.1, 0.15) is 40.0 Å². The second-order valence-corrected chi connectivity index (χ2v) is 6.45. The molecule has 0 amide bonds. The molecule has 0 aromatic carbocycles. The lowest BCUT2D eigenvalue weighted by molar-refractivity contribution is 0.154. The molecule has 2 nitrogen and oxygen atoms in total. The molecular weight excluding hydrogens is 190 g/mol. The molecule has 0 aliphatic heterocycles. The summed E-state index contributed by atoms with van der Waals surface area (Å²) in [5, 5.41) is 0. The Bertz CT molecular complexity index is 218. The molecule has 3 unspecified atom stereocenters. The Morgan fingerprint density at radius 3 is 2.46 bits per heavy atom. The predicted octanol–water partition coefficient (Wildman–Crippen LogP) is 3.76. The summed E-state index contributed by atoms with van der Waals surface area (Å²) < 4.78 is 29.8. The molecule has 0 N–H and O–H groups in total. The van der Waals surface area contributed by atoms with Gasteiger partial charge in [0.1, 0.15) is 0 Å². The first-order valence-electron chi connectivity index (χ1n) is 4.91.